The van der Waals surface area contributed by atoms with Gasteiger partial charge in [-0.15, -0.1) is 0 Å². The molecule has 2 saturated heterocycles. The smallest absolute Gasteiger partial charge is 1.00 e. The molecular weight excluding hydrogens is 1280 g/mol. The number of aliphatic hydroxyl groups is 1. The van der Waals surface area contributed by atoms with Crippen molar-refractivity contribution < 1.29 is 66.1 Å². The molecule has 5 N–H and O–H groups in total. The van der Waals surface area contributed by atoms with Crippen molar-refractivity contribution >= 4 is 156 Å². The molecule has 0 aromatic heterocycles. The predicted octanol–water partition coefficient (Wildman–Crippen LogP) is 11.9. The minimum absolute atomic E-state index is 0. The molecule has 0 amide bonds. The van der Waals surface area contributed by atoms with Gasteiger partial charge < -0.3 is 27.2 Å². The maximum atomic E-state index is 12.9. The number of hydrogen-bond donors (Lipinski definition) is 4. The molecule has 2 aliphatic heterocycles. The van der Waals surface area contributed by atoms with E-state index in [1.165, 1.54) is 53.5 Å². The number of anilines is 2. The van der Waals surface area contributed by atoms with E-state index in [2.05, 4.69) is 10.0 Å². The summed E-state index contributed by atoms with van der Waals surface area (Å²) in [7, 11) is -2.56. The molecule has 5 aromatic rings. The number of nitrogens with one attached hydrogen (secondary N) is 2. The first-order valence-corrected chi connectivity index (χ1v) is 32.3. The van der Waals surface area contributed by atoms with E-state index in [1.54, 1.807) is 0 Å². The van der Waals surface area contributed by atoms with E-state index in [0.717, 1.165) is 24.6 Å². The molecule has 0 spiro atoms. The van der Waals surface area contributed by atoms with Crippen LogP contribution < -0.4 is 50.2 Å². The Bertz CT molecular complexity index is 2910. The number of halogens is 10. The zero-order valence-electron chi connectivity index (χ0n) is 45.4. The third-order valence-corrected chi connectivity index (χ3v) is 19.2. The van der Waals surface area contributed by atoms with Crippen LogP contribution in [0, 0.1) is 17.8 Å². The summed E-state index contributed by atoms with van der Waals surface area (Å²) in [4.78, 5) is 1.47. The van der Waals surface area contributed by atoms with E-state index in [0.29, 0.717) is 24.0 Å². The maximum Gasteiger partial charge on any atom is 1.00 e. The van der Waals surface area contributed by atoms with Crippen LogP contribution in [0.4, 0.5) is 11.4 Å². The number of nitrogens with zero attached hydrogens (tertiary/aromatic N) is 2. The van der Waals surface area contributed by atoms with Crippen LogP contribution in [0.15, 0.2) is 112 Å². The van der Waals surface area contributed by atoms with Crippen LogP contribution in [0.1, 0.15) is 55.8 Å². The molecule has 2 fully saturated rings. The molecule has 0 aliphatic carbocycles. The zero-order chi connectivity index (χ0) is 58.6. The van der Waals surface area contributed by atoms with Gasteiger partial charge in [0.2, 0.25) is 20.0 Å². The van der Waals surface area contributed by atoms with E-state index >= 15 is 0 Å². The standard InChI is InChI=1S/C18H21Cl3N2O2S.C11H12Cl3NO2S.C7H9N.C6H2Cl4O2S.C5H13NO.C4H8O.Na.H/c1-12(2)17(11-23(3)14-7-5-4-6-8-14)22-26(24,25)18-15(20)9-13(19)10-16(18)21;1-6(2)10-5-15(10)18(16,17)11-8(13)3-7(12)4-9(11)14;1-8-7-5-3-2-4-6-7;7-3-1-4(8)6(5(9)2-3)13(10,11)12;1-4(2)5(6)3-7;1-2-4-5-3-1;;/h4-10,12,17,22H,11H2,1-3H3;3-4,6,10H,5H2,1-2H3;2-6,8H,1H3;1-2H;4-5,7H,3,6H2,1-2H3;1-4H2;;/q;;;;;;+1;-1. The molecule has 2 heterocycles. The van der Waals surface area contributed by atoms with Gasteiger partial charge >= 0.3 is 29.6 Å². The zero-order valence-corrected chi connectivity index (χ0v) is 56.4. The molecule has 5 aromatic carbocycles. The quantitative estimate of drug-likeness (QED) is 0.0471. The third-order valence-electron chi connectivity index (χ3n) is 11.1. The summed E-state index contributed by atoms with van der Waals surface area (Å²) in [5, 5.41) is 12.2. The van der Waals surface area contributed by atoms with Crippen LogP contribution in [-0.4, -0.2) is 99.8 Å². The van der Waals surface area contributed by atoms with Crippen molar-refractivity contribution in [3.63, 3.8) is 0 Å². The van der Waals surface area contributed by atoms with Crippen LogP contribution in [0.2, 0.25) is 45.2 Å². The van der Waals surface area contributed by atoms with E-state index in [9.17, 15) is 25.3 Å². The average Bonchev–Trinajstić information content (AvgIpc) is 3.93. The summed E-state index contributed by atoms with van der Waals surface area (Å²) in [5.41, 5.74) is 7.53. The monoisotopic (exact) mass is 1350 g/mol. The minimum Gasteiger partial charge on any atom is -1.00 e. The van der Waals surface area contributed by atoms with Gasteiger partial charge in [-0.05, 0) is 91.3 Å². The van der Waals surface area contributed by atoms with Crippen molar-refractivity contribution in [3.05, 3.63) is 142 Å². The van der Waals surface area contributed by atoms with Gasteiger partial charge in [-0.25, -0.2) is 30.0 Å². The normalized spacial score (nSPS) is 15.5. The van der Waals surface area contributed by atoms with Crippen molar-refractivity contribution in [3.8, 4) is 0 Å². The fourth-order valence-electron chi connectivity index (χ4n) is 6.45. The SMILES string of the molecule is C1CCOC1.CC(C)C(CN(C)c1ccccc1)NS(=O)(=O)c1c(Cl)cc(Cl)cc1Cl.CC(C)C(N)CO.CC(C)C1CN1S(=O)(=O)c1c(Cl)cc(Cl)cc1Cl.CNc1ccccc1.O=S(=O)(Cl)c1c(Cl)cc(Cl)cc1Cl.[H-].[Na+]. The van der Waals surface area contributed by atoms with Gasteiger partial charge in [0.15, 0.2) is 0 Å². The number of rotatable bonds is 14. The first-order chi connectivity index (χ1) is 35.8. The molecule has 4 atom stereocenters. The number of sulfonamides is 2. The Hall–Kier alpha value is -0.750. The van der Waals surface area contributed by atoms with Crippen molar-refractivity contribution in [2.24, 2.45) is 23.5 Å². The van der Waals surface area contributed by atoms with Gasteiger partial charge in [0, 0.05) is 95.6 Å². The number of likely N-dealkylation sites (N-methyl/N-ethyl adjacent to an activating group) is 1. The van der Waals surface area contributed by atoms with Crippen LogP contribution >= 0.6 is 115 Å². The Morgan fingerprint density at radius 3 is 1.36 bits per heavy atom. The van der Waals surface area contributed by atoms with Gasteiger partial charge in [0.05, 0.1) is 36.7 Å². The molecule has 78 heavy (non-hydrogen) atoms. The largest absolute Gasteiger partial charge is 1.00 e. The molecule has 4 unspecified atom stereocenters. The predicted molar refractivity (Wildman–Crippen MR) is 326 cm³/mol. The van der Waals surface area contributed by atoms with E-state index in [4.69, 9.17) is 131 Å². The van der Waals surface area contributed by atoms with Crippen LogP contribution in [-0.2, 0) is 33.8 Å². The van der Waals surface area contributed by atoms with E-state index in [1.807, 2.05) is 121 Å². The fourth-order valence-corrected chi connectivity index (χ4v) is 15.3. The summed E-state index contributed by atoms with van der Waals surface area (Å²) in [6.07, 6.45) is 2.56. The topological polar surface area (TPSA) is 188 Å². The molecule has 0 bridgehead atoms. The molecular formula is C51H66Cl10N5NaO8S3. The second-order valence-corrected chi connectivity index (χ2v) is 27.9. The first kappa shape index (κ1) is 75.3. The fraction of sp³-hybridized carbons (Fsp3) is 0.412. The molecule has 432 valence electrons. The number of benzene rings is 5. The average molecular weight is 1350 g/mol. The second-order valence-electron chi connectivity index (χ2n) is 18.1. The van der Waals surface area contributed by atoms with Crippen molar-refractivity contribution in [1.29, 1.82) is 0 Å². The molecule has 27 heteroatoms. The van der Waals surface area contributed by atoms with Gasteiger partial charge in [0.25, 0.3) is 9.05 Å². The maximum absolute atomic E-state index is 12.9. The van der Waals surface area contributed by atoms with E-state index in [-0.39, 0.29) is 122 Å². The minimum atomic E-state index is -3.93. The molecule has 13 nitrogen and oxygen atoms in total. The second kappa shape index (κ2) is 36.2. The van der Waals surface area contributed by atoms with Crippen molar-refractivity contribution in [2.45, 2.75) is 87.2 Å². The molecule has 2 aliphatic rings. The Labute approximate surface area is 535 Å². The van der Waals surface area contributed by atoms with Crippen molar-refractivity contribution in [1.82, 2.24) is 9.03 Å². The van der Waals surface area contributed by atoms with Gasteiger partial charge in [-0.3, -0.25) is 0 Å². The third kappa shape index (κ3) is 25.6. The summed E-state index contributed by atoms with van der Waals surface area (Å²) in [6, 6.07) is 27.5. The Morgan fingerprint density at radius 1 is 0.667 bits per heavy atom. The molecule has 0 saturated carbocycles. The number of ether oxygens (including phenoxy) is 1. The number of nitrogens with two attached hydrogens (primary N) is 1. The summed E-state index contributed by atoms with van der Waals surface area (Å²) < 4.78 is 81.5. The van der Waals surface area contributed by atoms with Crippen molar-refractivity contribution in [2.75, 3.05) is 57.2 Å². The number of para-hydroxylation sites is 2. The molecule has 0 radical (unpaired) electrons. The van der Waals surface area contributed by atoms with Gasteiger partial charge in [-0.1, -0.05) is 182 Å². The Kier molecular flexibility index (Phi) is 34.9. The van der Waals surface area contributed by atoms with Gasteiger partial charge in [-0.2, -0.15) is 4.31 Å². The summed E-state index contributed by atoms with van der Waals surface area (Å²) in [5.74, 6) is 0.718. The number of hydrogen-bond acceptors (Lipinski definition) is 11. The van der Waals surface area contributed by atoms with E-state index < -0.39 is 29.1 Å². The Morgan fingerprint density at radius 2 is 1.06 bits per heavy atom. The summed E-state index contributed by atoms with van der Waals surface area (Å²) >= 11 is 52.4. The number of aliphatic hydroxyl groups excluding tert-OH is 1. The van der Waals surface area contributed by atoms with Crippen LogP contribution in [0.25, 0.3) is 0 Å². The van der Waals surface area contributed by atoms with Gasteiger partial charge in [0.1, 0.15) is 14.7 Å². The summed E-state index contributed by atoms with van der Waals surface area (Å²) in [6.45, 7) is 14.9. The first-order valence-electron chi connectivity index (χ1n) is 23.7. The van der Waals surface area contributed by atoms with Crippen LogP contribution in [0.5, 0.6) is 0 Å². The van der Waals surface area contributed by atoms with Crippen LogP contribution in [0.3, 0.4) is 0 Å². The molecule has 7 rings (SSSR count). The Balaban J connectivity index is 0.000001000.